The molecular formula is C21H20N4O2. The quantitative estimate of drug-likeness (QED) is 0.423. The van der Waals surface area contributed by atoms with Gasteiger partial charge in [0.25, 0.3) is 0 Å². The number of nitrogens with zero attached hydrogens (tertiary/aromatic N) is 2. The van der Waals surface area contributed by atoms with Gasteiger partial charge in [-0.1, -0.05) is 54.6 Å². The molecule has 0 spiro atoms. The third-order valence-corrected chi connectivity index (χ3v) is 4.57. The number of anilines is 1. The van der Waals surface area contributed by atoms with Crippen LogP contribution in [-0.4, -0.2) is 31.8 Å². The molecule has 0 radical (unpaired) electrons. The molecular weight excluding hydrogens is 340 g/mol. The van der Waals surface area contributed by atoms with Crippen LogP contribution in [0.5, 0.6) is 0 Å². The number of aromatic amines is 1. The molecule has 4 rings (SSSR count). The van der Waals surface area contributed by atoms with Gasteiger partial charge in [0, 0.05) is 5.69 Å². The highest BCUT2D eigenvalue weighted by atomic mass is 16.3. The van der Waals surface area contributed by atoms with E-state index in [2.05, 4.69) is 20.3 Å². The molecule has 0 saturated heterocycles. The maximum atomic E-state index is 9.81. The Morgan fingerprint density at radius 3 is 2.44 bits per heavy atom. The SMILES string of the molecule is OCc1ccc(-c2cc3c(N[C@H](CO)c4ccccc4)ncnc3[nH]2)cc1. The van der Waals surface area contributed by atoms with Crippen LogP contribution in [0, 0.1) is 0 Å². The van der Waals surface area contributed by atoms with Crippen molar-refractivity contribution in [3.05, 3.63) is 78.1 Å². The Morgan fingerprint density at radius 2 is 1.74 bits per heavy atom. The van der Waals surface area contributed by atoms with Crippen molar-refractivity contribution in [1.82, 2.24) is 15.0 Å². The van der Waals surface area contributed by atoms with Gasteiger partial charge in [-0.15, -0.1) is 0 Å². The summed E-state index contributed by atoms with van der Waals surface area (Å²) < 4.78 is 0. The second-order valence-corrected chi connectivity index (χ2v) is 6.31. The molecule has 2 aromatic heterocycles. The van der Waals surface area contributed by atoms with E-state index in [1.807, 2.05) is 60.7 Å². The molecule has 0 aliphatic heterocycles. The Bertz CT molecular complexity index is 1030. The van der Waals surface area contributed by atoms with E-state index < -0.39 is 0 Å². The van der Waals surface area contributed by atoms with Gasteiger partial charge in [-0.3, -0.25) is 0 Å². The second kappa shape index (κ2) is 7.57. The number of aromatic nitrogens is 3. The molecule has 6 nitrogen and oxygen atoms in total. The van der Waals surface area contributed by atoms with Crippen molar-refractivity contribution in [1.29, 1.82) is 0 Å². The van der Waals surface area contributed by atoms with E-state index in [1.54, 1.807) is 0 Å². The molecule has 0 saturated carbocycles. The zero-order valence-electron chi connectivity index (χ0n) is 14.6. The molecule has 6 heteroatoms. The fourth-order valence-corrected chi connectivity index (χ4v) is 3.08. The normalized spacial score (nSPS) is 12.2. The number of aliphatic hydroxyl groups is 2. The summed E-state index contributed by atoms with van der Waals surface area (Å²) in [6.45, 7) is -0.0238. The topological polar surface area (TPSA) is 94.1 Å². The van der Waals surface area contributed by atoms with E-state index in [0.29, 0.717) is 5.82 Å². The summed E-state index contributed by atoms with van der Waals surface area (Å²) in [5.41, 5.74) is 4.49. The van der Waals surface area contributed by atoms with Crippen LogP contribution >= 0.6 is 0 Å². The van der Waals surface area contributed by atoms with Gasteiger partial charge in [-0.25, -0.2) is 9.97 Å². The minimum Gasteiger partial charge on any atom is -0.394 e. The first kappa shape index (κ1) is 17.2. The lowest BCUT2D eigenvalue weighted by atomic mass is 10.1. The van der Waals surface area contributed by atoms with Crippen LogP contribution in [-0.2, 0) is 6.61 Å². The highest BCUT2D eigenvalue weighted by Gasteiger charge is 2.14. The summed E-state index contributed by atoms with van der Waals surface area (Å²) in [6.07, 6.45) is 1.50. The minimum absolute atomic E-state index is 0.0224. The van der Waals surface area contributed by atoms with Crippen molar-refractivity contribution in [2.75, 3.05) is 11.9 Å². The molecule has 0 amide bonds. The highest BCUT2D eigenvalue weighted by Crippen LogP contribution is 2.29. The van der Waals surface area contributed by atoms with Gasteiger partial charge in [0.1, 0.15) is 17.8 Å². The van der Waals surface area contributed by atoms with Crippen LogP contribution in [0.1, 0.15) is 17.2 Å². The maximum Gasteiger partial charge on any atom is 0.143 e. The molecule has 0 aliphatic carbocycles. The summed E-state index contributed by atoms with van der Waals surface area (Å²) in [5.74, 6) is 0.664. The molecule has 2 heterocycles. The first-order valence-corrected chi connectivity index (χ1v) is 8.74. The van der Waals surface area contributed by atoms with E-state index in [1.165, 1.54) is 6.33 Å². The largest absolute Gasteiger partial charge is 0.394 e. The van der Waals surface area contributed by atoms with Crippen LogP contribution in [0.25, 0.3) is 22.3 Å². The Balaban J connectivity index is 1.68. The summed E-state index contributed by atoms with van der Waals surface area (Å²) in [7, 11) is 0. The van der Waals surface area contributed by atoms with Gasteiger partial charge in [0.15, 0.2) is 0 Å². The minimum atomic E-state index is -0.258. The van der Waals surface area contributed by atoms with Crippen LogP contribution in [0.2, 0.25) is 0 Å². The molecule has 0 fully saturated rings. The third-order valence-electron chi connectivity index (χ3n) is 4.57. The second-order valence-electron chi connectivity index (χ2n) is 6.31. The summed E-state index contributed by atoms with van der Waals surface area (Å²) in [6, 6.07) is 19.2. The van der Waals surface area contributed by atoms with Crippen LogP contribution < -0.4 is 5.32 Å². The first-order chi connectivity index (χ1) is 13.3. The van der Waals surface area contributed by atoms with Crippen LogP contribution in [0.4, 0.5) is 5.82 Å². The fraction of sp³-hybridized carbons (Fsp3) is 0.143. The number of H-pyrrole nitrogens is 1. The Labute approximate surface area is 156 Å². The maximum absolute atomic E-state index is 9.81. The van der Waals surface area contributed by atoms with Crippen molar-refractivity contribution in [3.8, 4) is 11.3 Å². The lowest BCUT2D eigenvalue weighted by Crippen LogP contribution is -2.15. The highest BCUT2D eigenvalue weighted by molar-refractivity contribution is 5.91. The molecule has 4 aromatic rings. The molecule has 0 bridgehead atoms. The summed E-state index contributed by atoms with van der Waals surface area (Å²) >= 11 is 0. The van der Waals surface area contributed by atoms with Crippen molar-refractivity contribution in [2.24, 2.45) is 0 Å². The monoisotopic (exact) mass is 360 g/mol. The van der Waals surface area contributed by atoms with Gasteiger partial charge < -0.3 is 20.5 Å². The molecule has 4 N–H and O–H groups in total. The van der Waals surface area contributed by atoms with Gasteiger partial charge in [-0.05, 0) is 22.8 Å². The zero-order valence-corrected chi connectivity index (χ0v) is 14.6. The van der Waals surface area contributed by atoms with Crippen molar-refractivity contribution in [2.45, 2.75) is 12.6 Å². The van der Waals surface area contributed by atoms with E-state index >= 15 is 0 Å². The number of hydrogen-bond donors (Lipinski definition) is 4. The number of nitrogens with one attached hydrogen (secondary N) is 2. The first-order valence-electron chi connectivity index (χ1n) is 8.74. The number of fused-ring (bicyclic) bond motifs is 1. The van der Waals surface area contributed by atoms with E-state index in [-0.39, 0.29) is 19.3 Å². The Morgan fingerprint density at radius 1 is 0.963 bits per heavy atom. The van der Waals surface area contributed by atoms with Crippen molar-refractivity contribution < 1.29 is 10.2 Å². The number of rotatable bonds is 6. The molecule has 27 heavy (non-hydrogen) atoms. The van der Waals surface area contributed by atoms with Crippen LogP contribution in [0.3, 0.4) is 0 Å². The zero-order chi connectivity index (χ0) is 18.6. The average molecular weight is 360 g/mol. The van der Waals surface area contributed by atoms with Gasteiger partial charge >= 0.3 is 0 Å². The average Bonchev–Trinajstić information content (AvgIpc) is 3.18. The number of benzene rings is 2. The predicted octanol–water partition coefficient (Wildman–Crippen LogP) is 3.26. The fourth-order valence-electron chi connectivity index (χ4n) is 3.08. The molecule has 0 unspecified atom stereocenters. The summed E-state index contributed by atoms with van der Waals surface area (Å²) in [5, 5.41) is 23.2. The van der Waals surface area contributed by atoms with Crippen LogP contribution in [0.15, 0.2) is 67.0 Å². The van der Waals surface area contributed by atoms with Gasteiger partial charge in [0.2, 0.25) is 0 Å². The molecule has 1 atom stereocenters. The standard InChI is InChI=1S/C21H20N4O2/c26-11-14-6-8-16(9-7-14)18-10-17-20(24-18)22-13-23-21(17)25-19(12-27)15-4-2-1-3-5-15/h1-10,13,19,26-27H,11-12H2,(H2,22,23,24,25)/t19-/m1/s1. The molecule has 2 aromatic carbocycles. The smallest absolute Gasteiger partial charge is 0.143 e. The van der Waals surface area contributed by atoms with Gasteiger partial charge in [0.05, 0.1) is 24.6 Å². The number of aliphatic hydroxyl groups excluding tert-OH is 2. The molecule has 136 valence electrons. The van der Waals surface area contributed by atoms with Gasteiger partial charge in [-0.2, -0.15) is 0 Å². The van der Waals surface area contributed by atoms with E-state index in [9.17, 15) is 10.2 Å². The van der Waals surface area contributed by atoms with E-state index in [4.69, 9.17) is 0 Å². The molecule has 0 aliphatic rings. The van der Waals surface area contributed by atoms with Crippen molar-refractivity contribution in [3.63, 3.8) is 0 Å². The lowest BCUT2D eigenvalue weighted by Gasteiger charge is -2.17. The van der Waals surface area contributed by atoms with Crippen molar-refractivity contribution >= 4 is 16.9 Å². The predicted molar refractivity (Wildman–Crippen MR) is 105 cm³/mol. The third kappa shape index (κ3) is 3.53. The Kier molecular flexibility index (Phi) is 4.82. The Hall–Kier alpha value is -3.22. The number of hydrogen-bond acceptors (Lipinski definition) is 5. The lowest BCUT2D eigenvalue weighted by molar-refractivity contribution is 0.276. The van der Waals surface area contributed by atoms with E-state index in [0.717, 1.165) is 33.4 Å². The summed E-state index contributed by atoms with van der Waals surface area (Å²) in [4.78, 5) is 12.0.